The van der Waals surface area contributed by atoms with E-state index in [1.165, 1.54) is 23.0 Å². The molecule has 274 valence electrons. The van der Waals surface area contributed by atoms with E-state index in [4.69, 9.17) is 9.36 Å². The normalized spacial score (nSPS) is 19.4. The summed E-state index contributed by atoms with van der Waals surface area (Å²) < 4.78 is 6.52. The molecule has 0 radical (unpaired) electrons. The first-order valence-corrected chi connectivity index (χ1v) is 18.5. The van der Waals surface area contributed by atoms with E-state index in [0.717, 1.165) is 50.7 Å². The highest BCUT2D eigenvalue weighted by molar-refractivity contribution is 8.00. The van der Waals surface area contributed by atoms with Gasteiger partial charge in [0.25, 0.3) is 18.0 Å². The molecule has 4 heterocycles. The predicted molar refractivity (Wildman–Crippen MR) is 182 cm³/mol. The highest BCUT2D eigenvalue weighted by Crippen LogP contribution is 2.33. The van der Waals surface area contributed by atoms with Crippen molar-refractivity contribution in [3.05, 3.63) is 36.0 Å². The monoisotopic (exact) mass is 726 g/mol. The summed E-state index contributed by atoms with van der Waals surface area (Å²) in [4.78, 5) is 88.8. The summed E-state index contributed by atoms with van der Waals surface area (Å²) in [6.45, 7) is 0.359. The number of aromatic nitrogens is 2. The Morgan fingerprint density at radius 3 is 2.31 bits per heavy atom. The molecule has 0 bridgehead atoms. The summed E-state index contributed by atoms with van der Waals surface area (Å²) in [5, 5.41) is 16.2. The van der Waals surface area contributed by atoms with Gasteiger partial charge in [-0.15, -0.1) is 5.06 Å². The summed E-state index contributed by atoms with van der Waals surface area (Å²) in [7, 11) is 0. The summed E-state index contributed by atoms with van der Waals surface area (Å²) >= 11 is 1.90. The first-order chi connectivity index (χ1) is 24.7. The third-order valence-electron chi connectivity index (χ3n) is 8.92. The Kier molecular flexibility index (Phi) is 13.5. The van der Waals surface area contributed by atoms with Gasteiger partial charge >= 0.3 is 17.9 Å². The Hall–Kier alpha value is -4.80. The van der Waals surface area contributed by atoms with Gasteiger partial charge in [-0.05, 0) is 48.9 Å². The molecule has 1 aromatic heterocycles. The maximum absolute atomic E-state index is 12.3. The molecule has 17 heteroatoms. The number of hydroxylamine groups is 2. The molecule has 2 aromatic rings. The van der Waals surface area contributed by atoms with Gasteiger partial charge in [0.05, 0.1) is 17.6 Å². The van der Waals surface area contributed by atoms with Crippen molar-refractivity contribution in [3.63, 3.8) is 0 Å². The number of anilines is 1. The quantitative estimate of drug-likeness (QED) is 0.0675. The Morgan fingerprint density at radius 2 is 1.57 bits per heavy atom. The van der Waals surface area contributed by atoms with E-state index in [1.807, 2.05) is 11.8 Å². The topological polar surface area (TPSA) is 210 Å². The summed E-state index contributed by atoms with van der Waals surface area (Å²) in [6.07, 6.45) is 9.86. The minimum atomic E-state index is -0.851. The number of carbonyl (C=O) groups is 7. The third-order valence-corrected chi connectivity index (χ3v) is 10.4. The number of nitrogens with one attached hydrogen (secondary N) is 4. The second-order valence-corrected chi connectivity index (χ2v) is 14.1. The second-order valence-electron chi connectivity index (χ2n) is 12.8. The third kappa shape index (κ3) is 11.1. The number of amides is 6. The van der Waals surface area contributed by atoms with Crippen LogP contribution in [0.3, 0.4) is 0 Å². The zero-order valence-electron chi connectivity index (χ0n) is 28.4. The zero-order valence-corrected chi connectivity index (χ0v) is 29.2. The molecule has 0 aliphatic carbocycles. The number of fused-ring (bicyclic) bond motifs is 1. The summed E-state index contributed by atoms with van der Waals surface area (Å²) in [5.74, 6) is -1.02. The molecule has 5 rings (SSSR count). The molecule has 0 saturated carbocycles. The fourth-order valence-electron chi connectivity index (χ4n) is 6.13. The Morgan fingerprint density at radius 1 is 0.882 bits per heavy atom. The van der Waals surface area contributed by atoms with E-state index in [-0.39, 0.29) is 66.4 Å². The van der Waals surface area contributed by atoms with E-state index in [2.05, 4.69) is 26.5 Å². The molecule has 51 heavy (non-hydrogen) atoms. The van der Waals surface area contributed by atoms with Crippen molar-refractivity contribution in [3.8, 4) is 5.69 Å². The zero-order chi connectivity index (χ0) is 36.2. The van der Waals surface area contributed by atoms with Crippen molar-refractivity contribution >= 4 is 59.1 Å². The average molecular weight is 727 g/mol. The SMILES string of the molecule is O=C(CCCCCCC(=O)NCCCC(=O)Nc1c[n+](-c2ccc(C(=O)ON3C(=O)CCC3=O)cc2)no1)CCCC[C@@H]1SC[C@@H]2NC(=O)N[C@@H]21. The predicted octanol–water partition coefficient (Wildman–Crippen LogP) is 2.64. The van der Waals surface area contributed by atoms with Crippen LogP contribution in [0.25, 0.3) is 5.69 Å². The van der Waals surface area contributed by atoms with E-state index in [1.54, 1.807) is 12.1 Å². The molecule has 0 spiro atoms. The second kappa shape index (κ2) is 18.4. The molecule has 16 nitrogen and oxygen atoms in total. The lowest BCUT2D eigenvalue weighted by Crippen LogP contribution is -2.36. The Bertz CT molecular complexity index is 1580. The smallest absolute Gasteiger partial charge is 0.356 e. The lowest BCUT2D eigenvalue weighted by atomic mass is 10.0. The number of ketones is 1. The molecule has 6 amide bonds. The minimum absolute atomic E-state index is 0.00310. The number of unbranched alkanes of at least 4 members (excludes halogenated alkanes) is 4. The number of rotatable bonds is 20. The maximum Gasteiger partial charge on any atom is 0.363 e. The number of benzene rings is 1. The van der Waals surface area contributed by atoms with Crippen molar-refractivity contribution in [2.24, 2.45) is 0 Å². The van der Waals surface area contributed by atoms with Gasteiger partial charge in [-0.3, -0.25) is 33.8 Å². The molecule has 0 unspecified atom stereocenters. The number of carbonyl (C=O) groups excluding carboxylic acids is 7. The molecular formula is C34H44N7O9S+. The van der Waals surface area contributed by atoms with Crippen LogP contribution in [0, 0.1) is 0 Å². The minimum Gasteiger partial charge on any atom is -0.356 e. The fraction of sp³-hybridized carbons (Fsp3) is 0.559. The lowest BCUT2D eigenvalue weighted by molar-refractivity contribution is -0.670. The number of hydrogen-bond acceptors (Lipinski definition) is 11. The van der Waals surface area contributed by atoms with Gasteiger partial charge in [-0.2, -0.15) is 11.8 Å². The molecule has 4 N–H and O–H groups in total. The van der Waals surface area contributed by atoms with Gasteiger partial charge in [0.2, 0.25) is 22.8 Å². The van der Waals surface area contributed by atoms with Crippen molar-refractivity contribution in [2.45, 2.75) is 107 Å². The van der Waals surface area contributed by atoms with Gasteiger partial charge in [-0.25, -0.2) is 9.59 Å². The van der Waals surface area contributed by atoms with Crippen LogP contribution in [-0.4, -0.2) is 81.4 Å². The van der Waals surface area contributed by atoms with Crippen molar-refractivity contribution in [1.82, 2.24) is 26.3 Å². The van der Waals surface area contributed by atoms with Crippen LogP contribution in [0.5, 0.6) is 0 Å². The molecule has 1 aromatic carbocycles. The van der Waals surface area contributed by atoms with Crippen LogP contribution in [0.15, 0.2) is 35.0 Å². The number of urea groups is 1. The van der Waals surface area contributed by atoms with Crippen molar-refractivity contribution < 1.29 is 47.6 Å². The maximum atomic E-state index is 12.3. The van der Waals surface area contributed by atoms with E-state index in [9.17, 15) is 33.6 Å². The van der Waals surface area contributed by atoms with Crippen LogP contribution in [-0.2, 0) is 28.8 Å². The van der Waals surface area contributed by atoms with Crippen LogP contribution >= 0.6 is 11.8 Å². The lowest BCUT2D eigenvalue weighted by Gasteiger charge is -2.16. The molecule has 3 atom stereocenters. The fourth-order valence-corrected chi connectivity index (χ4v) is 7.67. The first-order valence-electron chi connectivity index (χ1n) is 17.5. The van der Waals surface area contributed by atoms with Crippen LogP contribution in [0.1, 0.15) is 100 Å². The van der Waals surface area contributed by atoms with Gasteiger partial charge in [0.1, 0.15) is 5.78 Å². The van der Waals surface area contributed by atoms with Gasteiger partial charge < -0.3 is 20.8 Å². The summed E-state index contributed by atoms with van der Waals surface area (Å²) in [6, 6.07) is 6.35. The van der Waals surface area contributed by atoms with Crippen molar-refractivity contribution in [1.29, 1.82) is 0 Å². The van der Waals surface area contributed by atoms with Crippen LogP contribution in [0.2, 0.25) is 0 Å². The molecule has 3 aliphatic rings. The van der Waals surface area contributed by atoms with E-state index in [0.29, 0.717) is 48.2 Å². The van der Waals surface area contributed by atoms with Crippen molar-refractivity contribution in [2.75, 3.05) is 17.6 Å². The van der Waals surface area contributed by atoms with Gasteiger partial charge in [0, 0.05) is 68.2 Å². The summed E-state index contributed by atoms with van der Waals surface area (Å²) in [5.41, 5.74) is 0.634. The molecule has 3 saturated heterocycles. The van der Waals surface area contributed by atoms with Crippen LogP contribution in [0.4, 0.5) is 10.7 Å². The van der Waals surface area contributed by atoms with Gasteiger partial charge in [0.15, 0.2) is 0 Å². The number of hydrogen-bond donors (Lipinski definition) is 4. The van der Waals surface area contributed by atoms with Gasteiger partial charge in [-0.1, -0.05) is 19.3 Å². The van der Waals surface area contributed by atoms with E-state index < -0.39 is 17.8 Å². The standard InChI is InChI=1S/C34H43N7O9S/c42-24(9-5-6-10-26-32-25(21-51-26)36-34(48)38-32)8-3-1-2-4-11-27(43)35-19-7-12-28(44)37-29-20-40(39-49-29)23-15-13-22(14-16-23)33(47)50-41-30(45)17-18-31(41)46/h13-16,20,25-26,32H,1-12,17-19,21H2,(H3-,35,36,37,38,39,43,44,48)/p+1/t25-,26-,32-/m0/s1. The number of Topliss-reactive ketones (excluding diaryl/α,β-unsaturated/α-hetero) is 1. The van der Waals surface area contributed by atoms with E-state index >= 15 is 0 Å². The number of thioether (sulfide) groups is 1. The Labute approximate surface area is 299 Å². The number of imide groups is 1. The molecular weight excluding hydrogens is 682 g/mol. The average Bonchev–Trinajstić information content (AvgIpc) is 3.89. The molecule has 3 aliphatic heterocycles. The largest absolute Gasteiger partial charge is 0.363 e. The number of nitrogens with zero attached hydrogens (tertiary/aromatic N) is 3. The molecule has 3 fully saturated rings. The highest BCUT2D eigenvalue weighted by atomic mass is 32.2. The van der Waals surface area contributed by atoms with Crippen LogP contribution < -0.4 is 25.9 Å². The Balaban J connectivity index is 0.856. The highest BCUT2D eigenvalue weighted by Gasteiger charge is 2.42. The first kappa shape index (κ1) is 37.5.